The van der Waals surface area contributed by atoms with Gasteiger partial charge in [0, 0.05) is 11.5 Å². The van der Waals surface area contributed by atoms with Crippen LogP contribution in [0.3, 0.4) is 0 Å². The van der Waals surface area contributed by atoms with Crippen LogP contribution < -0.4 is 0 Å². The molecule has 0 aromatic heterocycles. The minimum absolute atomic E-state index is 0.205. The molecule has 1 saturated carbocycles. The van der Waals surface area contributed by atoms with E-state index in [1.807, 2.05) is 12.1 Å². The highest BCUT2D eigenvalue weighted by atomic mass is 16.1. The number of carbonyl (C=O) groups excluding carboxylic acids is 1. The summed E-state index contributed by atoms with van der Waals surface area (Å²) in [6.45, 7) is 4.22. The Morgan fingerprint density at radius 2 is 1.88 bits per heavy atom. The molecule has 0 spiro atoms. The third-order valence-corrected chi connectivity index (χ3v) is 4.13. The average Bonchev–Trinajstić information content (AvgIpc) is 2.29. The van der Waals surface area contributed by atoms with E-state index in [9.17, 15) is 4.79 Å². The summed E-state index contributed by atoms with van der Waals surface area (Å²) in [6, 6.07) is 8.24. The summed E-state index contributed by atoms with van der Waals surface area (Å²) in [5, 5.41) is 0. The van der Waals surface area contributed by atoms with Crippen LogP contribution in [0.5, 0.6) is 0 Å². The van der Waals surface area contributed by atoms with Gasteiger partial charge in [0.15, 0.2) is 5.78 Å². The second-order valence-corrected chi connectivity index (χ2v) is 5.09. The highest BCUT2D eigenvalue weighted by Gasteiger charge is 2.26. The molecule has 0 atom stereocenters. The number of ketones is 1. The zero-order valence-corrected chi connectivity index (χ0v) is 10.9. The number of hydrogen-bond donors (Lipinski definition) is 0. The second kappa shape index (κ2) is 5.48. The van der Waals surface area contributed by atoms with Crippen molar-refractivity contribution in [3.05, 3.63) is 35.4 Å². The molecule has 1 aromatic rings. The average molecular weight is 230 g/mol. The van der Waals surface area contributed by atoms with E-state index < -0.39 is 0 Å². The maximum absolute atomic E-state index is 12.5. The summed E-state index contributed by atoms with van der Waals surface area (Å²) in [5.41, 5.74) is 2.29. The van der Waals surface area contributed by atoms with Crippen molar-refractivity contribution in [2.75, 3.05) is 0 Å². The number of carbonyl (C=O) groups is 1. The van der Waals surface area contributed by atoms with Crippen LogP contribution in [0.25, 0.3) is 0 Å². The number of hydrogen-bond acceptors (Lipinski definition) is 1. The van der Waals surface area contributed by atoms with Gasteiger partial charge >= 0.3 is 0 Å². The predicted octanol–water partition coefficient (Wildman–Crippen LogP) is 4.57. The molecule has 1 aliphatic rings. The Morgan fingerprint density at radius 1 is 1.24 bits per heavy atom. The maximum Gasteiger partial charge on any atom is 0.166 e. The molecule has 2 rings (SSSR count). The fourth-order valence-electron chi connectivity index (χ4n) is 2.68. The largest absolute Gasteiger partial charge is 0.294 e. The Balaban J connectivity index is 2.27. The van der Waals surface area contributed by atoms with Crippen LogP contribution >= 0.6 is 0 Å². The minimum Gasteiger partial charge on any atom is -0.294 e. The molecule has 0 saturated heterocycles. The molecule has 17 heavy (non-hydrogen) atoms. The van der Waals surface area contributed by atoms with Crippen molar-refractivity contribution < 1.29 is 4.79 Å². The Labute approximate surface area is 104 Å². The van der Waals surface area contributed by atoms with Gasteiger partial charge in [0.05, 0.1) is 0 Å². The third kappa shape index (κ3) is 2.43. The summed E-state index contributed by atoms with van der Waals surface area (Å²) in [7, 11) is 0. The van der Waals surface area contributed by atoms with E-state index >= 15 is 0 Å². The van der Waals surface area contributed by atoms with Crippen LogP contribution in [0.1, 0.15) is 67.8 Å². The van der Waals surface area contributed by atoms with E-state index in [0.29, 0.717) is 11.7 Å². The quantitative estimate of drug-likeness (QED) is 0.677. The maximum atomic E-state index is 12.5. The molecular weight excluding hydrogens is 208 g/mol. The standard InChI is InChI=1S/C16H22O/c1-3-12(4-2)16(17)15-11-6-5-10-14(15)13-8-7-9-13/h5-6,10-13H,3-4,7-9H2,1-2H3. The molecule has 0 heterocycles. The molecule has 1 aliphatic carbocycles. The highest BCUT2D eigenvalue weighted by Crippen LogP contribution is 2.38. The van der Waals surface area contributed by atoms with E-state index in [4.69, 9.17) is 0 Å². The van der Waals surface area contributed by atoms with Crippen molar-refractivity contribution >= 4 is 5.78 Å². The molecule has 0 aliphatic heterocycles. The van der Waals surface area contributed by atoms with E-state index in [-0.39, 0.29) is 5.92 Å². The van der Waals surface area contributed by atoms with Crippen LogP contribution in [-0.2, 0) is 0 Å². The normalized spacial score (nSPS) is 15.9. The van der Waals surface area contributed by atoms with Gasteiger partial charge in [0.25, 0.3) is 0 Å². The van der Waals surface area contributed by atoms with Crippen LogP contribution in [0.15, 0.2) is 24.3 Å². The topological polar surface area (TPSA) is 17.1 Å². The molecule has 1 fully saturated rings. The van der Waals surface area contributed by atoms with Gasteiger partial charge in [-0.05, 0) is 37.2 Å². The Bertz CT molecular complexity index is 386. The lowest BCUT2D eigenvalue weighted by molar-refractivity contribution is 0.0911. The van der Waals surface area contributed by atoms with Gasteiger partial charge in [-0.25, -0.2) is 0 Å². The molecule has 1 heteroatoms. The molecule has 0 radical (unpaired) electrons. The fourth-order valence-corrected chi connectivity index (χ4v) is 2.68. The van der Waals surface area contributed by atoms with Crippen LogP contribution in [-0.4, -0.2) is 5.78 Å². The minimum atomic E-state index is 0.205. The molecule has 0 bridgehead atoms. The molecule has 0 unspecified atom stereocenters. The van der Waals surface area contributed by atoms with Crippen molar-refractivity contribution in [2.45, 2.75) is 51.9 Å². The first kappa shape index (κ1) is 12.3. The third-order valence-electron chi connectivity index (χ3n) is 4.13. The lowest BCUT2D eigenvalue weighted by Crippen LogP contribution is -2.18. The van der Waals surface area contributed by atoms with Gasteiger partial charge in [0.1, 0.15) is 0 Å². The lowest BCUT2D eigenvalue weighted by atomic mass is 9.76. The molecule has 0 N–H and O–H groups in total. The first-order valence-electron chi connectivity index (χ1n) is 6.91. The second-order valence-electron chi connectivity index (χ2n) is 5.09. The summed E-state index contributed by atoms with van der Waals surface area (Å²) >= 11 is 0. The fraction of sp³-hybridized carbons (Fsp3) is 0.562. The van der Waals surface area contributed by atoms with Gasteiger partial charge in [-0.15, -0.1) is 0 Å². The number of benzene rings is 1. The van der Waals surface area contributed by atoms with Gasteiger partial charge in [-0.1, -0.05) is 44.5 Å². The van der Waals surface area contributed by atoms with E-state index in [1.165, 1.54) is 24.8 Å². The zero-order chi connectivity index (χ0) is 12.3. The van der Waals surface area contributed by atoms with Crippen molar-refractivity contribution in [1.82, 2.24) is 0 Å². The van der Waals surface area contributed by atoms with Crippen LogP contribution in [0.2, 0.25) is 0 Å². The van der Waals surface area contributed by atoms with Gasteiger partial charge in [-0.3, -0.25) is 4.79 Å². The lowest BCUT2D eigenvalue weighted by Gasteiger charge is -2.28. The summed E-state index contributed by atoms with van der Waals surface area (Å²) in [4.78, 5) is 12.5. The summed E-state index contributed by atoms with van der Waals surface area (Å²) in [6.07, 6.45) is 5.74. The van der Waals surface area contributed by atoms with E-state index in [2.05, 4.69) is 26.0 Å². The van der Waals surface area contributed by atoms with Gasteiger partial charge < -0.3 is 0 Å². The summed E-state index contributed by atoms with van der Waals surface area (Å²) in [5.74, 6) is 1.21. The van der Waals surface area contributed by atoms with Crippen molar-refractivity contribution in [3.8, 4) is 0 Å². The predicted molar refractivity (Wildman–Crippen MR) is 71.4 cm³/mol. The first-order chi connectivity index (χ1) is 8.27. The van der Waals surface area contributed by atoms with Crippen LogP contribution in [0, 0.1) is 5.92 Å². The highest BCUT2D eigenvalue weighted by molar-refractivity contribution is 5.99. The first-order valence-corrected chi connectivity index (χ1v) is 6.91. The Kier molecular flexibility index (Phi) is 3.98. The number of Topliss-reactive ketones (excluding diaryl/α,β-unsaturated/α-hetero) is 1. The number of rotatable bonds is 5. The van der Waals surface area contributed by atoms with Crippen molar-refractivity contribution in [2.24, 2.45) is 5.92 Å². The molecule has 0 amide bonds. The van der Waals surface area contributed by atoms with Crippen molar-refractivity contribution in [1.29, 1.82) is 0 Å². The van der Waals surface area contributed by atoms with Gasteiger partial charge in [-0.2, -0.15) is 0 Å². The van der Waals surface area contributed by atoms with Gasteiger partial charge in [0.2, 0.25) is 0 Å². The molecular formula is C16H22O. The Hall–Kier alpha value is -1.11. The monoisotopic (exact) mass is 230 g/mol. The molecule has 1 aromatic carbocycles. The summed E-state index contributed by atoms with van der Waals surface area (Å²) < 4.78 is 0. The smallest absolute Gasteiger partial charge is 0.166 e. The SMILES string of the molecule is CCC(CC)C(=O)c1ccccc1C1CCC1. The Morgan fingerprint density at radius 3 is 2.41 bits per heavy atom. The zero-order valence-electron chi connectivity index (χ0n) is 10.9. The van der Waals surface area contributed by atoms with E-state index in [1.54, 1.807) is 0 Å². The molecule has 92 valence electrons. The van der Waals surface area contributed by atoms with E-state index in [0.717, 1.165) is 18.4 Å². The van der Waals surface area contributed by atoms with Crippen LogP contribution in [0.4, 0.5) is 0 Å². The molecule has 1 nitrogen and oxygen atoms in total. The van der Waals surface area contributed by atoms with Crippen molar-refractivity contribution in [3.63, 3.8) is 0 Å².